The normalized spacial score (nSPS) is 21.0. The van der Waals surface area contributed by atoms with Gasteiger partial charge >= 0.3 is 0 Å². The summed E-state index contributed by atoms with van der Waals surface area (Å²) in [5.74, 6) is 1.49. The number of aliphatic hydroxyl groups is 1. The lowest BCUT2D eigenvalue weighted by Crippen LogP contribution is -2.27. The molecule has 2 atom stereocenters. The van der Waals surface area contributed by atoms with Crippen LogP contribution in [0.1, 0.15) is 37.0 Å². The van der Waals surface area contributed by atoms with Crippen molar-refractivity contribution in [1.29, 1.82) is 0 Å². The van der Waals surface area contributed by atoms with Gasteiger partial charge < -0.3 is 9.84 Å². The van der Waals surface area contributed by atoms with E-state index in [1.54, 1.807) is 31.0 Å². The zero-order valence-corrected chi connectivity index (χ0v) is 15.8. The summed E-state index contributed by atoms with van der Waals surface area (Å²) in [6.07, 6.45) is -0.0382. The Morgan fingerprint density at radius 3 is 2.58 bits per heavy atom. The van der Waals surface area contributed by atoms with Gasteiger partial charge in [-0.25, -0.2) is 0 Å². The smallest absolute Gasteiger partial charge is 0.172 e. The second kappa shape index (κ2) is 8.06. The maximum atomic E-state index is 12.5. The van der Waals surface area contributed by atoms with Gasteiger partial charge in [-0.05, 0) is 36.6 Å². The van der Waals surface area contributed by atoms with Crippen LogP contribution in [0.5, 0.6) is 5.75 Å². The van der Waals surface area contributed by atoms with Crippen LogP contribution < -0.4 is 4.74 Å². The first-order valence-corrected chi connectivity index (χ1v) is 9.62. The number of hydrogen-bond donors (Lipinski definition) is 1. The Morgan fingerprint density at radius 1 is 1.23 bits per heavy atom. The molecule has 2 aromatic carbocycles. The number of benzene rings is 2. The lowest BCUT2D eigenvalue weighted by molar-refractivity contribution is -0.126. The minimum absolute atomic E-state index is 0.159. The van der Waals surface area contributed by atoms with Crippen molar-refractivity contribution < 1.29 is 14.6 Å². The molecule has 1 aliphatic rings. The molecule has 26 heavy (non-hydrogen) atoms. The second-order valence-corrected chi connectivity index (χ2v) is 7.73. The molecule has 0 aromatic heterocycles. The molecule has 0 amide bonds. The van der Waals surface area contributed by atoms with Crippen molar-refractivity contribution in [2.45, 2.75) is 31.4 Å². The van der Waals surface area contributed by atoms with E-state index in [9.17, 15) is 9.90 Å². The van der Waals surface area contributed by atoms with Gasteiger partial charge in [0.05, 0.1) is 24.1 Å². The number of carbonyl (C=O) groups excluding carboxylic acids is 1. The largest absolute Gasteiger partial charge is 0.497 e. The zero-order valence-electron chi connectivity index (χ0n) is 15.0. The van der Waals surface area contributed by atoms with Crippen LogP contribution in [0.4, 0.5) is 0 Å². The fourth-order valence-electron chi connectivity index (χ4n) is 3.05. The van der Waals surface area contributed by atoms with Gasteiger partial charge in [0.2, 0.25) is 0 Å². The topological polar surface area (TPSA) is 58.9 Å². The van der Waals surface area contributed by atoms with E-state index in [1.165, 1.54) is 0 Å². The molecule has 1 heterocycles. The van der Waals surface area contributed by atoms with Crippen LogP contribution in [0.2, 0.25) is 0 Å². The number of nitrogens with zero attached hydrogens (tertiary/aromatic N) is 1. The average molecular weight is 369 g/mol. The van der Waals surface area contributed by atoms with Crippen LogP contribution >= 0.6 is 11.8 Å². The van der Waals surface area contributed by atoms with E-state index < -0.39 is 6.10 Å². The standard InChI is InChI=1S/C21H23NO3S/c1-21(16-8-10-17(25-2)11-9-16)12-13-26-19(22-21)14-18(23)20(24)15-6-4-3-5-7-15/h3-11,20,24H,12-14H2,1-2H3. The Labute approximate surface area is 158 Å². The number of ether oxygens (including phenoxy) is 1. The molecule has 5 heteroatoms. The predicted octanol–water partition coefficient (Wildman–Crippen LogP) is 4.14. The third-order valence-electron chi connectivity index (χ3n) is 4.69. The van der Waals surface area contributed by atoms with E-state index in [0.717, 1.165) is 28.5 Å². The van der Waals surface area contributed by atoms with Crippen LogP contribution in [-0.4, -0.2) is 28.8 Å². The molecule has 0 radical (unpaired) electrons. The molecule has 0 bridgehead atoms. The Kier molecular flexibility index (Phi) is 5.79. The van der Waals surface area contributed by atoms with Gasteiger partial charge in [0, 0.05) is 5.75 Å². The molecular weight excluding hydrogens is 346 g/mol. The molecule has 0 aliphatic carbocycles. The van der Waals surface area contributed by atoms with Gasteiger partial charge in [0.1, 0.15) is 11.9 Å². The second-order valence-electron chi connectivity index (χ2n) is 6.56. The van der Waals surface area contributed by atoms with Gasteiger partial charge in [-0.15, -0.1) is 11.8 Å². The van der Waals surface area contributed by atoms with E-state index in [2.05, 4.69) is 6.92 Å². The van der Waals surface area contributed by atoms with Crippen LogP contribution in [0.15, 0.2) is 59.6 Å². The average Bonchev–Trinajstić information content (AvgIpc) is 2.68. The third-order valence-corrected chi connectivity index (χ3v) is 5.66. The Balaban J connectivity index is 1.76. The highest BCUT2D eigenvalue weighted by molar-refractivity contribution is 8.14. The minimum Gasteiger partial charge on any atom is -0.497 e. The van der Waals surface area contributed by atoms with Gasteiger partial charge in [-0.3, -0.25) is 9.79 Å². The van der Waals surface area contributed by atoms with Crippen molar-refractivity contribution in [1.82, 2.24) is 0 Å². The van der Waals surface area contributed by atoms with Crippen molar-refractivity contribution >= 4 is 22.6 Å². The van der Waals surface area contributed by atoms with Crippen LogP contribution in [0, 0.1) is 0 Å². The molecule has 3 rings (SSSR count). The van der Waals surface area contributed by atoms with E-state index in [4.69, 9.17) is 9.73 Å². The number of thioether (sulfide) groups is 1. The molecule has 1 aliphatic heterocycles. The maximum Gasteiger partial charge on any atom is 0.172 e. The van der Waals surface area contributed by atoms with Crippen molar-refractivity contribution in [3.63, 3.8) is 0 Å². The first-order chi connectivity index (χ1) is 12.5. The van der Waals surface area contributed by atoms with Gasteiger partial charge in [0.15, 0.2) is 5.78 Å². The SMILES string of the molecule is COc1ccc(C2(C)CCSC(CC(=O)C(O)c3ccccc3)=N2)cc1. The molecule has 0 saturated heterocycles. The number of Topliss-reactive ketones (excluding diaryl/α,β-unsaturated/α-hetero) is 1. The summed E-state index contributed by atoms with van der Waals surface area (Å²) in [5, 5.41) is 11.1. The highest BCUT2D eigenvalue weighted by Crippen LogP contribution is 2.37. The molecule has 2 unspecified atom stereocenters. The molecule has 0 spiro atoms. The van der Waals surface area contributed by atoms with Crippen molar-refractivity contribution in [3.05, 3.63) is 65.7 Å². The Morgan fingerprint density at radius 2 is 1.92 bits per heavy atom. The lowest BCUT2D eigenvalue weighted by Gasteiger charge is -2.31. The Bertz CT molecular complexity index is 789. The maximum absolute atomic E-state index is 12.5. The van der Waals surface area contributed by atoms with E-state index in [-0.39, 0.29) is 17.7 Å². The van der Waals surface area contributed by atoms with Gasteiger partial charge in [-0.2, -0.15) is 0 Å². The quantitative estimate of drug-likeness (QED) is 0.831. The van der Waals surface area contributed by atoms with Crippen LogP contribution in [0.3, 0.4) is 0 Å². The summed E-state index contributed by atoms with van der Waals surface area (Å²) >= 11 is 1.60. The number of methoxy groups -OCH3 is 1. The van der Waals surface area contributed by atoms with E-state index >= 15 is 0 Å². The van der Waals surface area contributed by atoms with Gasteiger partial charge in [-0.1, -0.05) is 42.5 Å². The minimum atomic E-state index is -1.10. The predicted molar refractivity (Wildman–Crippen MR) is 106 cm³/mol. The van der Waals surface area contributed by atoms with Crippen molar-refractivity contribution in [3.8, 4) is 5.75 Å². The number of hydrogen-bond acceptors (Lipinski definition) is 5. The zero-order chi connectivity index (χ0) is 18.6. The van der Waals surface area contributed by atoms with Crippen molar-refractivity contribution in [2.24, 2.45) is 4.99 Å². The first kappa shape index (κ1) is 18.7. The highest BCUT2D eigenvalue weighted by Gasteiger charge is 2.31. The van der Waals surface area contributed by atoms with E-state index in [0.29, 0.717) is 5.56 Å². The summed E-state index contributed by atoms with van der Waals surface area (Å²) in [6, 6.07) is 16.9. The summed E-state index contributed by atoms with van der Waals surface area (Å²) in [6.45, 7) is 2.09. The molecule has 4 nitrogen and oxygen atoms in total. The van der Waals surface area contributed by atoms with Crippen LogP contribution in [-0.2, 0) is 10.3 Å². The number of ketones is 1. The number of aliphatic hydroxyl groups excluding tert-OH is 1. The van der Waals surface area contributed by atoms with Crippen LogP contribution in [0.25, 0.3) is 0 Å². The molecule has 0 fully saturated rings. The first-order valence-electron chi connectivity index (χ1n) is 8.63. The molecule has 0 saturated carbocycles. The fourth-order valence-corrected chi connectivity index (χ4v) is 4.29. The third kappa shape index (κ3) is 4.17. The van der Waals surface area contributed by atoms with Crippen molar-refractivity contribution in [2.75, 3.05) is 12.9 Å². The van der Waals surface area contributed by atoms with E-state index in [1.807, 2.05) is 42.5 Å². The summed E-state index contributed by atoms with van der Waals surface area (Å²) in [5.41, 5.74) is 1.37. The van der Waals surface area contributed by atoms with Gasteiger partial charge in [0.25, 0.3) is 0 Å². The number of aliphatic imine (C=N–C) groups is 1. The summed E-state index contributed by atoms with van der Waals surface area (Å²) in [4.78, 5) is 17.3. The lowest BCUT2D eigenvalue weighted by atomic mass is 9.89. The molecule has 2 aromatic rings. The monoisotopic (exact) mass is 369 g/mol. The highest BCUT2D eigenvalue weighted by atomic mass is 32.2. The Hall–Kier alpha value is -2.11. The number of carbonyl (C=O) groups is 1. The fraction of sp³-hybridized carbons (Fsp3) is 0.333. The number of rotatable bonds is 6. The molecular formula is C21H23NO3S. The molecule has 1 N–H and O–H groups in total. The summed E-state index contributed by atoms with van der Waals surface area (Å²) < 4.78 is 5.22. The summed E-state index contributed by atoms with van der Waals surface area (Å²) in [7, 11) is 1.65. The molecule has 136 valence electrons.